The monoisotopic (exact) mass is 890 g/mol. The second kappa shape index (κ2) is 39.4. The first-order chi connectivity index (χ1) is 28.8. The normalized spacial score (nSPS) is 15.2. The van der Waals surface area contributed by atoms with Crippen LogP contribution in [0.15, 0.2) is 72.9 Å². The zero-order valence-corrected chi connectivity index (χ0v) is 37.9. The highest BCUT2D eigenvalue weighted by Gasteiger charge is 2.28. The third kappa shape index (κ3) is 42.2. The molecule has 0 amide bonds. The van der Waals surface area contributed by atoms with E-state index in [-0.39, 0.29) is 12.8 Å². The number of carbonyl (C=O) groups is 2. The Kier molecular flexibility index (Phi) is 37.7. The summed E-state index contributed by atoms with van der Waals surface area (Å²) in [5.41, 5.74) is 0. The van der Waals surface area contributed by atoms with Crippen molar-refractivity contribution in [2.75, 3.05) is 26.4 Å². The maximum absolute atomic E-state index is 12.6. The van der Waals surface area contributed by atoms with Gasteiger partial charge >= 0.3 is 27.6 Å². The quantitative estimate of drug-likeness (QED) is 0.0127. The molecule has 0 aromatic rings. The maximum Gasteiger partial charge on any atom is 0.472 e. The number of phosphoric acid groups is 2. The molecule has 0 radical (unpaired) electrons. The van der Waals surface area contributed by atoms with E-state index in [4.69, 9.17) is 23.8 Å². The van der Waals surface area contributed by atoms with Crippen LogP contribution in [-0.4, -0.2) is 81.6 Å². The maximum atomic E-state index is 12.6. The molecule has 60 heavy (non-hydrogen) atoms. The lowest BCUT2D eigenvalue weighted by Gasteiger charge is -2.20. The Hall–Kier alpha value is -2.48. The smallest absolute Gasteiger partial charge is 0.462 e. The van der Waals surface area contributed by atoms with Gasteiger partial charge in [0.15, 0.2) is 6.10 Å². The molecule has 0 rings (SSSR count). The topological polar surface area (TPSA) is 216 Å². The molecule has 16 heteroatoms. The molecule has 0 bridgehead atoms. The third-order valence-corrected chi connectivity index (χ3v) is 10.1. The molecule has 4 atom stereocenters. The Labute approximate surface area is 359 Å². The minimum absolute atomic E-state index is 0.0805. The summed E-state index contributed by atoms with van der Waals surface area (Å²) in [6.45, 7) is 1.53. The van der Waals surface area contributed by atoms with Crippen LogP contribution in [-0.2, 0) is 41.8 Å². The summed E-state index contributed by atoms with van der Waals surface area (Å²) in [7, 11) is -9.72. The molecule has 0 aliphatic heterocycles. The van der Waals surface area contributed by atoms with E-state index in [2.05, 4.69) is 53.3 Å². The summed E-state index contributed by atoms with van der Waals surface area (Å²) in [6.07, 6.45) is 39.2. The van der Waals surface area contributed by atoms with E-state index in [9.17, 15) is 33.8 Å². The molecule has 0 aliphatic rings. The van der Waals surface area contributed by atoms with Crippen molar-refractivity contribution in [3.8, 4) is 0 Å². The van der Waals surface area contributed by atoms with E-state index in [1.54, 1.807) is 6.08 Å². The number of allylic oxidation sites excluding steroid dienone is 10. The zero-order chi connectivity index (χ0) is 44.6. The van der Waals surface area contributed by atoms with Crippen LogP contribution in [0.4, 0.5) is 0 Å². The number of hydrogen-bond donors (Lipinski definition) is 5. The summed E-state index contributed by atoms with van der Waals surface area (Å²) in [4.78, 5) is 52.6. The molecule has 0 saturated carbocycles. The lowest BCUT2D eigenvalue weighted by atomic mass is 10.1. The second-order valence-corrected chi connectivity index (χ2v) is 17.2. The molecule has 346 valence electrons. The molecule has 0 fully saturated rings. The van der Waals surface area contributed by atoms with Crippen molar-refractivity contribution in [1.82, 2.24) is 0 Å². The number of carbonyl (C=O) groups excluding carboxylic acids is 2. The zero-order valence-electron chi connectivity index (χ0n) is 36.1. The first kappa shape index (κ1) is 57.5. The first-order valence-electron chi connectivity index (χ1n) is 21.8. The third-order valence-electron chi connectivity index (χ3n) is 8.67. The van der Waals surface area contributed by atoms with E-state index >= 15 is 0 Å². The van der Waals surface area contributed by atoms with Crippen LogP contribution in [0.1, 0.15) is 149 Å². The van der Waals surface area contributed by atoms with Gasteiger partial charge in [-0.25, -0.2) is 9.13 Å². The number of ether oxygens (including phenoxy) is 2. The minimum Gasteiger partial charge on any atom is -0.462 e. The highest BCUT2D eigenvalue weighted by molar-refractivity contribution is 7.47. The van der Waals surface area contributed by atoms with Crippen LogP contribution in [0, 0.1) is 0 Å². The van der Waals surface area contributed by atoms with Crippen molar-refractivity contribution in [2.45, 2.75) is 167 Å². The van der Waals surface area contributed by atoms with Crippen molar-refractivity contribution in [3.05, 3.63) is 72.9 Å². The molecule has 14 nitrogen and oxygen atoms in total. The number of unbranched alkanes of at least 4 members (excludes halogenated alkanes) is 13. The van der Waals surface area contributed by atoms with Gasteiger partial charge in [0.1, 0.15) is 12.7 Å². The van der Waals surface area contributed by atoms with Crippen LogP contribution < -0.4 is 0 Å². The van der Waals surface area contributed by atoms with Gasteiger partial charge in [0, 0.05) is 12.8 Å². The van der Waals surface area contributed by atoms with Crippen LogP contribution in [0.5, 0.6) is 0 Å². The van der Waals surface area contributed by atoms with Gasteiger partial charge in [-0.3, -0.25) is 23.2 Å². The largest absolute Gasteiger partial charge is 0.472 e. The number of aliphatic hydroxyl groups is 2. The Balaban J connectivity index is 4.71. The Morgan fingerprint density at radius 2 is 1.08 bits per heavy atom. The summed E-state index contributed by atoms with van der Waals surface area (Å²) >= 11 is 0. The molecule has 0 saturated heterocycles. The van der Waals surface area contributed by atoms with E-state index < -0.39 is 72.3 Å². The SMILES string of the molecule is CCCCC/C=C\C[C@@H](O)/C=C/C=C\C/C=C\CCCC(=O)OC[C@H](COP(=O)(O)OC[C@@H](O)COP(=O)(O)O)OC(=O)CCCCCCC/C=C\C=C/CCCCCC. The van der Waals surface area contributed by atoms with Gasteiger partial charge in [0.05, 0.1) is 25.9 Å². The number of esters is 2. The van der Waals surface area contributed by atoms with Gasteiger partial charge in [-0.1, -0.05) is 138 Å². The molecular formula is C44H76O14P2. The van der Waals surface area contributed by atoms with Crippen molar-refractivity contribution >= 4 is 27.6 Å². The predicted molar refractivity (Wildman–Crippen MR) is 236 cm³/mol. The van der Waals surface area contributed by atoms with E-state index in [0.29, 0.717) is 32.1 Å². The average Bonchev–Trinajstić information content (AvgIpc) is 3.20. The fraction of sp³-hybridized carbons (Fsp3) is 0.682. The van der Waals surface area contributed by atoms with Gasteiger partial charge in [-0.2, -0.15) is 0 Å². The fourth-order valence-electron chi connectivity index (χ4n) is 5.30. The van der Waals surface area contributed by atoms with Crippen LogP contribution in [0.2, 0.25) is 0 Å². The van der Waals surface area contributed by atoms with Gasteiger partial charge in [-0.15, -0.1) is 0 Å². The van der Waals surface area contributed by atoms with Gasteiger partial charge < -0.3 is 34.4 Å². The Morgan fingerprint density at radius 3 is 1.78 bits per heavy atom. The highest BCUT2D eigenvalue weighted by atomic mass is 31.2. The van der Waals surface area contributed by atoms with E-state index in [1.165, 1.54) is 44.9 Å². The Bertz CT molecular complexity index is 1350. The van der Waals surface area contributed by atoms with Crippen molar-refractivity contribution in [1.29, 1.82) is 0 Å². The van der Waals surface area contributed by atoms with Crippen LogP contribution >= 0.6 is 15.6 Å². The summed E-state index contributed by atoms with van der Waals surface area (Å²) < 4.78 is 47.6. The van der Waals surface area contributed by atoms with Crippen molar-refractivity contribution in [2.24, 2.45) is 0 Å². The molecule has 0 spiro atoms. The van der Waals surface area contributed by atoms with Crippen LogP contribution in [0.25, 0.3) is 0 Å². The molecule has 0 aliphatic carbocycles. The van der Waals surface area contributed by atoms with Gasteiger partial charge in [0.2, 0.25) is 0 Å². The number of hydrogen-bond acceptors (Lipinski definition) is 11. The number of rotatable bonds is 40. The highest BCUT2D eigenvalue weighted by Crippen LogP contribution is 2.43. The fourth-order valence-corrected chi connectivity index (χ4v) is 6.45. The molecule has 0 aromatic carbocycles. The molecule has 0 aromatic heterocycles. The number of phosphoric ester groups is 2. The molecule has 1 unspecified atom stereocenters. The first-order valence-corrected chi connectivity index (χ1v) is 24.8. The summed E-state index contributed by atoms with van der Waals surface area (Å²) in [5, 5.41) is 19.8. The number of aliphatic hydroxyl groups excluding tert-OH is 2. The lowest BCUT2D eigenvalue weighted by molar-refractivity contribution is -0.161. The van der Waals surface area contributed by atoms with Gasteiger partial charge in [-0.05, 0) is 70.6 Å². The minimum atomic E-state index is -4.88. The van der Waals surface area contributed by atoms with E-state index in [0.717, 1.165) is 44.9 Å². The molecular weight excluding hydrogens is 814 g/mol. The average molecular weight is 891 g/mol. The Morgan fingerprint density at radius 1 is 0.550 bits per heavy atom. The predicted octanol–water partition coefficient (Wildman–Crippen LogP) is 9.98. The van der Waals surface area contributed by atoms with Gasteiger partial charge in [0.25, 0.3) is 0 Å². The van der Waals surface area contributed by atoms with Crippen molar-refractivity contribution < 1.29 is 66.7 Å². The van der Waals surface area contributed by atoms with Crippen LogP contribution in [0.3, 0.4) is 0 Å². The second-order valence-electron chi connectivity index (χ2n) is 14.5. The van der Waals surface area contributed by atoms with Crippen molar-refractivity contribution in [3.63, 3.8) is 0 Å². The summed E-state index contributed by atoms with van der Waals surface area (Å²) in [6, 6.07) is 0. The summed E-state index contributed by atoms with van der Waals surface area (Å²) in [5.74, 6) is -1.16. The molecule has 0 heterocycles. The lowest BCUT2D eigenvalue weighted by Crippen LogP contribution is -2.30. The molecule has 5 N–H and O–H groups in total. The van der Waals surface area contributed by atoms with E-state index in [1.807, 2.05) is 36.5 Å². The standard InChI is InChI=1S/C44H76O14P2/c1-3-5-7-9-11-12-13-14-15-16-17-18-23-27-31-35-44(48)58-42(39-57-60(52,53)56-37-41(46)36-55-59(49,50)51)38-54-43(47)34-30-26-22-20-19-21-25-29-33-40(45)32-28-24-10-8-6-4-2/h12-15,20-22,24-25,28-29,33,40-42,45-46H,3-11,16-19,23,26-27,30-32,34-39H2,1-2H3,(H,52,53)(H2,49,50,51)/b13-12-,15-14-,22-20-,25-21-,28-24-,33-29+/t40-,41+,42-/m1/s1.